The second kappa shape index (κ2) is 4.20. The average Bonchev–Trinajstić information content (AvgIpc) is 2.08. The fourth-order valence-electron chi connectivity index (χ4n) is 0.954. The molecule has 1 aromatic rings. The monoisotopic (exact) mass is 198 g/mol. The lowest BCUT2D eigenvalue weighted by atomic mass is 10.2. The Morgan fingerprint density at radius 3 is 2.69 bits per heavy atom. The van der Waals surface area contributed by atoms with Crippen LogP contribution in [-0.2, 0) is 11.1 Å². The minimum Gasteiger partial charge on any atom is -0.507 e. The van der Waals surface area contributed by atoms with Crippen molar-refractivity contribution in [2.75, 3.05) is 0 Å². The normalized spacial score (nSPS) is 13.4. The summed E-state index contributed by atoms with van der Waals surface area (Å²) in [6.07, 6.45) is 3.42. The summed E-state index contributed by atoms with van der Waals surface area (Å²) < 4.78 is 19.4. The Morgan fingerprint density at radius 1 is 1.46 bits per heavy atom. The fourth-order valence-corrected chi connectivity index (χ4v) is 1.37. The van der Waals surface area contributed by atoms with E-state index in [1.165, 1.54) is 18.2 Å². The molecule has 0 bridgehead atoms. The van der Waals surface area contributed by atoms with Crippen LogP contribution in [0.2, 0.25) is 0 Å². The van der Waals surface area contributed by atoms with E-state index in [0.717, 1.165) is 0 Å². The Hall–Kier alpha value is -1.13. The third-order valence-corrected chi connectivity index (χ3v) is 2.20. The molecule has 1 rings (SSSR count). The van der Waals surface area contributed by atoms with Gasteiger partial charge in [-0.15, -0.1) is 0 Å². The molecule has 0 fully saturated rings. The van der Waals surface area contributed by atoms with Crippen LogP contribution in [0.3, 0.4) is 0 Å². The molecule has 0 aliphatic heterocycles. The zero-order chi connectivity index (χ0) is 9.84. The quantitative estimate of drug-likeness (QED) is 0.714. The van der Waals surface area contributed by atoms with Crippen LogP contribution >= 0.6 is 0 Å². The van der Waals surface area contributed by atoms with E-state index in [1.807, 2.05) is 6.92 Å². The van der Waals surface area contributed by atoms with Gasteiger partial charge in [0.15, 0.2) is 11.1 Å². The minimum atomic E-state index is -2.00. The molecule has 0 saturated heterocycles. The van der Waals surface area contributed by atoms with Gasteiger partial charge in [-0.25, -0.2) is 4.21 Å². The van der Waals surface area contributed by atoms with Crippen molar-refractivity contribution >= 4 is 17.2 Å². The summed E-state index contributed by atoms with van der Waals surface area (Å²) in [4.78, 5) is 0.283. The molecule has 0 aromatic heterocycles. The molecule has 0 aliphatic carbocycles. The zero-order valence-electron chi connectivity index (χ0n) is 7.10. The summed E-state index contributed by atoms with van der Waals surface area (Å²) in [5.41, 5.74) is 0.544. The van der Waals surface area contributed by atoms with Crippen molar-refractivity contribution < 1.29 is 13.9 Å². The van der Waals surface area contributed by atoms with E-state index in [0.29, 0.717) is 5.56 Å². The van der Waals surface area contributed by atoms with Crippen LogP contribution in [-0.4, -0.2) is 13.9 Å². The first-order chi connectivity index (χ1) is 6.15. The van der Waals surface area contributed by atoms with Gasteiger partial charge in [-0.2, -0.15) is 0 Å². The van der Waals surface area contributed by atoms with Crippen molar-refractivity contribution in [3.63, 3.8) is 0 Å². The largest absolute Gasteiger partial charge is 0.507 e. The number of benzene rings is 1. The molecule has 0 amide bonds. The lowest BCUT2D eigenvalue weighted by molar-refractivity contribution is 0.473. The topological polar surface area (TPSA) is 57.5 Å². The first kappa shape index (κ1) is 9.95. The molecule has 4 heteroatoms. The Balaban J connectivity index is 3.18. The lowest BCUT2D eigenvalue weighted by Crippen LogP contribution is -1.88. The molecule has 3 nitrogen and oxygen atoms in total. The molecule has 2 N–H and O–H groups in total. The fraction of sp³-hybridized carbons (Fsp3) is 0.111. The van der Waals surface area contributed by atoms with Crippen molar-refractivity contribution in [2.24, 2.45) is 0 Å². The predicted molar refractivity (Wildman–Crippen MR) is 51.9 cm³/mol. The number of aromatic hydroxyl groups is 1. The van der Waals surface area contributed by atoms with Crippen LogP contribution in [0, 0.1) is 0 Å². The number of allylic oxidation sites excluding steroid dienone is 1. The summed E-state index contributed by atoms with van der Waals surface area (Å²) in [6, 6.07) is 4.29. The third-order valence-electron chi connectivity index (χ3n) is 1.55. The third kappa shape index (κ3) is 2.40. The lowest BCUT2D eigenvalue weighted by Gasteiger charge is -2.00. The van der Waals surface area contributed by atoms with E-state index in [9.17, 15) is 9.32 Å². The van der Waals surface area contributed by atoms with Crippen LogP contribution in [0.4, 0.5) is 0 Å². The van der Waals surface area contributed by atoms with Gasteiger partial charge >= 0.3 is 0 Å². The molecule has 1 unspecified atom stereocenters. The predicted octanol–water partition coefficient (Wildman–Crippen LogP) is 2.01. The van der Waals surface area contributed by atoms with Crippen LogP contribution in [0.5, 0.6) is 5.75 Å². The van der Waals surface area contributed by atoms with Gasteiger partial charge in [0.2, 0.25) is 0 Å². The van der Waals surface area contributed by atoms with E-state index in [1.54, 1.807) is 12.2 Å². The summed E-state index contributed by atoms with van der Waals surface area (Å²) in [5, 5.41) is 9.32. The number of rotatable bonds is 2. The van der Waals surface area contributed by atoms with Crippen molar-refractivity contribution in [2.45, 2.75) is 11.8 Å². The highest BCUT2D eigenvalue weighted by atomic mass is 32.2. The van der Waals surface area contributed by atoms with E-state index < -0.39 is 11.1 Å². The number of phenols is 1. The molecular weight excluding hydrogens is 188 g/mol. The molecule has 0 aliphatic rings. The number of hydrogen-bond donors (Lipinski definition) is 2. The second-order valence-corrected chi connectivity index (χ2v) is 3.44. The van der Waals surface area contributed by atoms with Crippen LogP contribution in [0.1, 0.15) is 12.5 Å². The molecule has 1 atom stereocenters. The van der Waals surface area contributed by atoms with E-state index in [4.69, 9.17) is 4.55 Å². The highest BCUT2D eigenvalue weighted by Crippen LogP contribution is 2.21. The minimum absolute atomic E-state index is 0.104. The molecule has 0 radical (unpaired) electrons. The van der Waals surface area contributed by atoms with E-state index in [-0.39, 0.29) is 10.6 Å². The Labute approximate surface area is 79.0 Å². The van der Waals surface area contributed by atoms with Gasteiger partial charge in [0, 0.05) is 5.56 Å². The Bertz CT molecular complexity index is 358. The van der Waals surface area contributed by atoms with Crippen LogP contribution in [0.15, 0.2) is 29.2 Å². The van der Waals surface area contributed by atoms with Crippen molar-refractivity contribution in [3.05, 3.63) is 29.8 Å². The van der Waals surface area contributed by atoms with Gasteiger partial charge in [-0.05, 0) is 25.1 Å². The molecule has 0 heterocycles. The van der Waals surface area contributed by atoms with Crippen molar-refractivity contribution in [1.82, 2.24) is 0 Å². The van der Waals surface area contributed by atoms with E-state index in [2.05, 4.69) is 0 Å². The molecule has 0 spiro atoms. The van der Waals surface area contributed by atoms with Gasteiger partial charge in [-0.3, -0.25) is 0 Å². The van der Waals surface area contributed by atoms with E-state index >= 15 is 0 Å². The summed E-state index contributed by atoms with van der Waals surface area (Å²) >= 11 is -2.00. The summed E-state index contributed by atoms with van der Waals surface area (Å²) in [6.45, 7) is 1.81. The highest BCUT2D eigenvalue weighted by molar-refractivity contribution is 7.79. The first-order valence-corrected chi connectivity index (χ1v) is 4.82. The van der Waals surface area contributed by atoms with Crippen LogP contribution < -0.4 is 0 Å². The van der Waals surface area contributed by atoms with Crippen LogP contribution in [0.25, 0.3) is 6.08 Å². The molecule has 1 aromatic carbocycles. The number of hydrogen-bond acceptors (Lipinski definition) is 2. The smallest absolute Gasteiger partial charge is 0.186 e. The van der Waals surface area contributed by atoms with Gasteiger partial charge < -0.3 is 9.66 Å². The maximum Gasteiger partial charge on any atom is 0.186 e. The highest BCUT2D eigenvalue weighted by Gasteiger charge is 2.03. The molecule has 13 heavy (non-hydrogen) atoms. The zero-order valence-corrected chi connectivity index (χ0v) is 7.91. The Morgan fingerprint density at radius 2 is 2.15 bits per heavy atom. The summed E-state index contributed by atoms with van der Waals surface area (Å²) in [5.74, 6) is 0.104. The maximum atomic E-state index is 10.7. The molecule has 70 valence electrons. The van der Waals surface area contributed by atoms with Gasteiger partial charge in [0.1, 0.15) is 5.75 Å². The average molecular weight is 198 g/mol. The van der Waals surface area contributed by atoms with Gasteiger partial charge in [-0.1, -0.05) is 12.2 Å². The number of phenolic OH excluding ortho intramolecular Hbond substituents is 1. The molecule has 0 saturated carbocycles. The Kier molecular flexibility index (Phi) is 3.22. The standard InChI is InChI=1S/C9H10O3S/c1-2-3-7-6-8(13(11)12)4-5-9(7)10/h2-6,10H,1H3,(H,11,12)/b3-2+. The van der Waals surface area contributed by atoms with Crippen molar-refractivity contribution in [1.29, 1.82) is 0 Å². The van der Waals surface area contributed by atoms with Gasteiger partial charge in [0.05, 0.1) is 4.90 Å². The van der Waals surface area contributed by atoms with Crippen molar-refractivity contribution in [3.8, 4) is 5.75 Å². The van der Waals surface area contributed by atoms with Gasteiger partial charge in [0.25, 0.3) is 0 Å². The SMILES string of the molecule is C/C=C/c1cc(S(=O)O)ccc1O. The molecular formula is C9H10O3S. The summed E-state index contributed by atoms with van der Waals surface area (Å²) in [7, 11) is 0. The second-order valence-electron chi connectivity index (χ2n) is 2.47. The first-order valence-electron chi connectivity index (χ1n) is 3.71. The maximum absolute atomic E-state index is 10.7.